The molecular weight excluding hydrogens is 284 g/mol. The number of amides is 2. The van der Waals surface area contributed by atoms with Gasteiger partial charge in [0.2, 0.25) is 0 Å². The summed E-state index contributed by atoms with van der Waals surface area (Å²) in [4.78, 5) is 14.8. The molecule has 0 spiro atoms. The maximum absolute atomic E-state index is 12.3. The van der Waals surface area contributed by atoms with E-state index in [0.717, 1.165) is 0 Å². The summed E-state index contributed by atoms with van der Waals surface area (Å²) < 4.78 is 11.5. The van der Waals surface area contributed by atoms with Crippen LogP contribution in [-0.4, -0.2) is 21.4 Å². The molecule has 2 amide bonds. The summed E-state index contributed by atoms with van der Waals surface area (Å²) in [6.07, 6.45) is 1.62. The Hall–Kier alpha value is -2.14. The van der Waals surface area contributed by atoms with Crippen LogP contribution < -0.4 is 5.32 Å². The number of hydrogen-bond acceptors (Lipinski definition) is 2. The lowest BCUT2D eigenvalue weighted by Gasteiger charge is -2.16. The zero-order chi connectivity index (χ0) is 14.8. The van der Waals surface area contributed by atoms with Gasteiger partial charge in [0, 0.05) is 40.7 Å². The molecule has 0 aromatic heterocycles. The van der Waals surface area contributed by atoms with Gasteiger partial charge in [0.05, 0.1) is 0 Å². The average Bonchev–Trinajstić information content (AvgIpc) is 2.91. The number of nitrogens with zero attached hydrogens (tertiary/aromatic N) is 1. The molecule has 108 valence electrons. The highest BCUT2D eigenvalue weighted by atomic mass is 32.2. The van der Waals surface area contributed by atoms with Gasteiger partial charge < -0.3 is 10.2 Å². The number of nitrogens with one attached hydrogen (secondary N) is 1. The maximum atomic E-state index is 12.3. The van der Waals surface area contributed by atoms with Crippen molar-refractivity contribution in [2.45, 2.75) is 18.0 Å². The van der Waals surface area contributed by atoms with E-state index in [0.29, 0.717) is 23.7 Å². The van der Waals surface area contributed by atoms with Crippen molar-refractivity contribution in [3.05, 3.63) is 59.7 Å². The summed E-state index contributed by atoms with van der Waals surface area (Å²) in [7, 11) is -1.05. The first-order chi connectivity index (χ1) is 10.1. The molecule has 2 aromatic rings. The zero-order valence-electron chi connectivity index (χ0n) is 11.7. The average molecular weight is 300 g/mol. The number of rotatable bonds is 2. The summed E-state index contributed by atoms with van der Waals surface area (Å²) in [6.45, 7) is 1.25. The van der Waals surface area contributed by atoms with Crippen LogP contribution >= 0.6 is 0 Å². The molecule has 3 rings (SSSR count). The van der Waals surface area contributed by atoms with Crippen LogP contribution in [0.2, 0.25) is 0 Å². The third-order valence-corrected chi connectivity index (χ3v) is 4.46. The standard InChI is InChI=1S/C16H16N2O2S/c1-21(20)15-8-4-7-14(9-15)17-16(19)18-10-12-5-2-3-6-13(12)11-18/h2-9H,10-11H2,1H3,(H,17,19)/t21-/m0/s1. The number of hydrogen-bond donors (Lipinski definition) is 1. The number of carbonyl (C=O) groups excluding carboxylic acids is 1. The minimum Gasteiger partial charge on any atom is -0.316 e. The Kier molecular flexibility index (Phi) is 3.75. The van der Waals surface area contributed by atoms with E-state index in [1.165, 1.54) is 11.1 Å². The van der Waals surface area contributed by atoms with Crippen molar-refractivity contribution in [2.24, 2.45) is 0 Å². The van der Waals surface area contributed by atoms with Crippen LogP contribution in [0.4, 0.5) is 10.5 Å². The van der Waals surface area contributed by atoms with Crippen LogP contribution in [0.1, 0.15) is 11.1 Å². The van der Waals surface area contributed by atoms with Crippen LogP contribution in [-0.2, 0) is 23.9 Å². The molecule has 1 heterocycles. The van der Waals surface area contributed by atoms with Gasteiger partial charge >= 0.3 is 6.03 Å². The van der Waals surface area contributed by atoms with Gasteiger partial charge in [-0.2, -0.15) is 0 Å². The molecular formula is C16H16N2O2S. The summed E-state index contributed by atoms with van der Waals surface area (Å²) in [5.41, 5.74) is 3.05. The molecule has 1 N–H and O–H groups in total. The third kappa shape index (κ3) is 2.97. The quantitative estimate of drug-likeness (QED) is 0.927. The van der Waals surface area contributed by atoms with Gasteiger partial charge in [0.15, 0.2) is 0 Å². The summed E-state index contributed by atoms with van der Waals surface area (Å²) in [6, 6.07) is 15.1. The summed E-state index contributed by atoms with van der Waals surface area (Å²) in [5, 5.41) is 2.87. The molecule has 0 saturated heterocycles. The van der Waals surface area contributed by atoms with Gasteiger partial charge in [-0.05, 0) is 29.3 Å². The molecule has 1 atom stereocenters. The second-order valence-corrected chi connectivity index (χ2v) is 6.42. The molecule has 0 radical (unpaired) electrons. The Bertz CT molecular complexity index is 690. The lowest BCUT2D eigenvalue weighted by Crippen LogP contribution is -2.30. The van der Waals surface area contributed by atoms with Crippen molar-refractivity contribution in [3.63, 3.8) is 0 Å². The van der Waals surface area contributed by atoms with Crippen LogP contribution in [0.15, 0.2) is 53.4 Å². The normalized spacial score (nSPS) is 14.6. The molecule has 0 unspecified atom stereocenters. The Labute approximate surface area is 126 Å². The highest BCUT2D eigenvalue weighted by molar-refractivity contribution is 7.84. The van der Waals surface area contributed by atoms with E-state index in [1.54, 1.807) is 35.4 Å². The largest absolute Gasteiger partial charge is 0.322 e. The Morgan fingerprint density at radius 2 is 1.76 bits per heavy atom. The van der Waals surface area contributed by atoms with E-state index in [9.17, 15) is 9.00 Å². The maximum Gasteiger partial charge on any atom is 0.322 e. The van der Waals surface area contributed by atoms with Gasteiger partial charge in [0.25, 0.3) is 0 Å². The monoisotopic (exact) mass is 300 g/mol. The SMILES string of the molecule is C[S@](=O)c1cccc(NC(=O)N2Cc3ccccc3C2)c1. The Morgan fingerprint density at radius 3 is 2.38 bits per heavy atom. The van der Waals surface area contributed by atoms with E-state index in [2.05, 4.69) is 5.32 Å². The minimum absolute atomic E-state index is 0.134. The highest BCUT2D eigenvalue weighted by Gasteiger charge is 2.22. The second kappa shape index (κ2) is 5.69. The first kappa shape index (κ1) is 13.8. The molecule has 1 aliphatic rings. The van der Waals surface area contributed by atoms with Crippen LogP contribution in [0.25, 0.3) is 0 Å². The Morgan fingerprint density at radius 1 is 1.10 bits per heavy atom. The van der Waals surface area contributed by atoms with Crippen molar-refractivity contribution in [1.82, 2.24) is 4.90 Å². The minimum atomic E-state index is -1.05. The first-order valence-electron chi connectivity index (χ1n) is 6.70. The van der Waals surface area contributed by atoms with Crippen LogP contribution in [0, 0.1) is 0 Å². The van der Waals surface area contributed by atoms with E-state index < -0.39 is 10.8 Å². The molecule has 21 heavy (non-hydrogen) atoms. The topological polar surface area (TPSA) is 49.4 Å². The number of benzene rings is 2. The smallest absolute Gasteiger partial charge is 0.316 e. The van der Waals surface area contributed by atoms with Crippen LogP contribution in [0.3, 0.4) is 0 Å². The fraction of sp³-hybridized carbons (Fsp3) is 0.188. The molecule has 5 heteroatoms. The van der Waals surface area contributed by atoms with Crippen LogP contribution in [0.5, 0.6) is 0 Å². The Balaban J connectivity index is 1.71. The number of fused-ring (bicyclic) bond motifs is 1. The van der Waals surface area contributed by atoms with E-state index in [-0.39, 0.29) is 6.03 Å². The van der Waals surface area contributed by atoms with Crippen molar-refractivity contribution < 1.29 is 9.00 Å². The molecule has 1 aliphatic heterocycles. The molecule has 0 bridgehead atoms. The molecule has 4 nitrogen and oxygen atoms in total. The van der Waals surface area contributed by atoms with E-state index in [1.807, 2.05) is 24.3 Å². The van der Waals surface area contributed by atoms with E-state index in [4.69, 9.17) is 0 Å². The predicted octanol–water partition coefficient (Wildman–Crippen LogP) is 2.97. The molecule has 0 fully saturated rings. The highest BCUT2D eigenvalue weighted by Crippen LogP contribution is 2.23. The number of anilines is 1. The molecule has 0 aliphatic carbocycles. The summed E-state index contributed by atoms with van der Waals surface area (Å²) in [5.74, 6) is 0. The second-order valence-electron chi connectivity index (χ2n) is 5.04. The predicted molar refractivity (Wildman–Crippen MR) is 83.5 cm³/mol. The van der Waals surface area contributed by atoms with Gasteiger partial charge in [0.1, 0.15) is 0 Å². The third-order valence-electron chi connectivity index (χ3n) is 3.55. The first-order valence-corrected chi connectivity index (χ1v) is 8.25. The fourth-order valence-electron chi connectivity index (χ4n) is 2.43. The van der Waals surface area contributed by atoms with E-state index >= 15 is 0 Å². The lowest BCUT2D eigenvalue weighted by molar-refractivity contribution is 0.212. The van der Waals surface area contributed by atoms with Crippen molar-refractivity contribution in [1.29, 1.82) is 0 Å². The van der Waals surface area contributed by atoms with Gasteiger partial charge in [-0.1, -0.05) is 30.3 Å². The lowest BCUT2D eigenvalue weighted by atomic mass is 10.1. The molecule has 0 saturated carbocycles. The van der Waals surface area contributed by atoms with Gasteiger partial charge in [-0.3, -0.25) is 4.21 Å². The zero-order valence-corrected chi connectivity index (χ0v) is 12.5. The van der Waals surface area contributed by atoms with Crippen molar-refractivity contribution in [2.75, 3.05) is 11.6 Å². The van der Waals surface area contributed by atoms with Gasteiger partial charge in [-0.25, -0.2) is 4.79 Å². The number of urea groups is 1. The number of carbonyl (C=O) groups is 1. The van der Waals surface area contributed by atoms with Crippen molar-refractivity contribution >= 4 is 22.5 Å². The molecule has 2 aromatic carbocycles. The van der Waals surface area contributed by atoms with Gasteiger partial charge in [-0.15, -0.1) is 0 Å². The van der Waals surface area contributed by atoms with Crippen molar-refractivity contribution in [3.8, 4) is 0 Å². The summed E-state index contributed by atoms with van der Waals surface area (Å²) >= 11 is 0. The fourth-order valence-corrected chi connectivity index (χ4v) is 3.00.